The molecule has 4 nitrogen and oxygen atoms in total. The van der Waals surface area contributed by atoms with E-state index in [9.17, 15) is 8.78 Å². The molecule has 3 aromatic rings. The summed E-state index contributed by atoms with van der Waals surface area (Å²) in [6.45, 7) is 4.78. The number of hydrogen-bond acceptors (Lipinski definition) is 4. The van der Waals surface area contributed by atoms with Gasteiger partial charge in [-0.3, -0.25) is 0 Å². The first-order valence-electron chi connectivity index (χ1n) is 8.13. The minimum atomic E-state index is -0.548. The van der Waals surface area contributed by atoms with E-state index in [1.165, 1.54) is 23.9 Å². The van der Waals surface area contributed by atoms with Gasteiger partial charge in [-0.25, -0.2) is 18.7 Å². The molecule has 0 aliphatic carbocycles. The van der Waals surface area contributed by atoms with E-state index in [0.29, 0.717) is 10.7 Å². The topological polar surface area (TPSA) is 56.7 Å². The fourth-order valence-corrected chi connectivity index (χ4v) is 3.78. The molecule has 0 atom stereocenters. The van der Waals surface area contributed by atoms with E-state index in [0.717, 1.165) is 53.6 Å². The van der Waals surface area contributed by atoms with Gasteiger partial charge in [0.1, 0.15) is 23.0 Å². The molecule has 2 N–H and O–H groups in total. The smallest absolute Gasteiger partial charge is 0.151 e. The molecule has 0 saturated carbocycles. The number of hydrogen-bond donors (Lipinski definition) is 1. The molecule has 3 rings (SSSR count). The van der Waals surface area contributed by atoms with Gasteiger partial charge in [0.05, 0.1) is 5.52 Å². The largest absolute Gasteiger partial charge is 0.382 e. The molecule has 0 fully saturated rings. The fourth-order valence-electron chi connectivity index (χ4n) is 2.85. The van der Waals surface area contributed by atoms with Gasteiger partial charge in [-0.2, -0.15) is 0 Å². The van der Waals surface area contributed by atoms with Crippen LogP contribution in [0, 0.1) is 25.5 Å². The van der Waals surface area contributed by atoms with Crippen molar-refractivity contribution >= 4 is 28.6 Å². The number of halogens is 2. The van der Waals surface area contributed by atoms with Crippen molar-refractivity contribution in [3.05, 3.63) is 47.4 Å². The molecule has 0 amide bonds. The number of unbranched alkanes of at least 4 members (excludes halogenated alkanes) is 1. The number of pyridine rings is 1. The Labute approximate surface area is 149 Å². The van der Waals surface area contributed by atoms with Gasteiger partial charge in [0, 0.05) is 23.7 Å². The highest BCUT2D eigenvalue weighted by Gasteiger charge is 2.13. The van der Waals surface area contributed by atoms with Crippen molar-refractivity contribution in [2.45, 2.75) is 38.1 Å². The van der Waals surface area contributed by atoms with E-state index in [1.807, 2.05) is 13.8 Å². The van der Waals surface area contributed by atoms with Crippen LogP contribution in [0.15, 0.2) is 29.3 Å². The number of anilines is 1. The lowest BCUT2D eigenvalue weighted by molar-refractivity contribution is 0.565. The second-order valence-corrected chi connectivity index (χ2v) is 7.10. The molecule has 132 valence electrons. The number of aromatic nitrogens is 3. The summed E-state index contributed by atoms with van der Waals surface area (Å²) in [6, 6.07) is 3.69. The fraction of sp³-hybridized carbons (Fsp3) is 0.333. The van der Waals surface area contributed by atoms with E-state index in [4.69, 9.17) is 5.73 Å². The summed E-state index contributed by atoms with van der Waals surface area (Å²) in [4.78, 5) is 9.17. The Morgan fingerprint density at radius 1 is 1.20 bits per heavy atom. The predicted octanol–water partition coefficient (Wildman–Crippen LogP) is 4.48. The van der Waals surface area contributed by atoms with E-state index < -0.39 is 11.6 Å². The molecule has 2 heterocycles. The average molecular weight is 362 g/mol. The number of benzene rings is 1. The lowest BCUT2D eigenvalue weighted by atomic mass is 10.2. The Bertz CT molecular complexity index is 908. The van der Waals surface area contributed by atoms with Gasteiger partial charge >= 0.3 is 0 Å². The Morgan fingerprint density at radius 3 is 2.76 bits per heavy atom. The zero-order valence-corrected chi connectivity index (χ0v) is 15.0. The molecular formula is C18H20F2N4S. The number of imidazole rings is 1. The van der Waals surface area contributed by atoms with Crippen LogP contribution in [0.3, 0.4) is 0 Å². The Hall–Kier alpha value is -2.15. The van der Waals surface area contributed by atoms with Crippen molar-refractivity contribution in [2.24, 2.45) is 0 Å². The normalized spacial score (nSPS) is 11.4. The standard InChI is InChI=1S/C18H20F2N4S/c1-11-10-22-18(21)16-17(11)24(12(2)23-16)7-3-4-8-25-15-6-5-13(19)9-14(15)20/h5-6,9-10H,3-4,7-8H2,1-2H3,(H2,21,22). The van der Waals surface area contributed by atoms with E-state index in [-0.39, 0.29) is 0 Å². The van der Waals surface area contributed by atoms with Crippen LogP contribution < -0.4 is 5.73 Å². The maximum absolute atomic E-state index is 13.6. The van der Waals surface area contributed by atoms with Gasteiger partial charge < -0.3 is 10.3 Å². The molecule has 0 unspecified atom stereocenters. The summed E-state index contributed by atoms with van der Waals surface area (Å²) in [5.41, 5.74) is 8.75. The minimum absolute atomic E-state index is 0.449. The number of nitrogen functional groups attached to an aromatic ring is 1. The van der Waals surface area contributed by atoms with Crippen molar-refractivity contribution in [1.29, 1.82) is 0 Å². The maximum Gasteiger partial charge on any atom is 0.151 e. The highest BCUT2D eigenvalue weighted by atomic mass is 32.2. The zero-order valence-electron chi connectivity index (χ0n) is 14.2. The van der Waals surface area contributed by atoms with Crippen molar-refractivity contribution in [2.75, 3.05) is 11.5 Å². The zero-order chi connectivity index (χ0) is 18.0. The second-order valence-electron chi connectivity index (χ2n) is 5.96. The first kappa shape index (κ1) is 17.7. The quantitative estimate of drug-likeness (QED) is 0.519. The Balaban J connectivity index is 1.60. The number of nitrogens with zero attached hydrogens (tertiary/aromatic N) is 3. The monoisotopic (exact) mass is 362 g/mol. The first-order valence-corrected chi connectivity index (χ1v) is 9.11. The summed E-state index contributed by atoms with van der Waals surface area (Å²) in [5.74, 6) is 1.09. The SMILES string of the molecule is Cc1cnc(N)c2nc(C)n(CCCCSc3ccc(F)cc3F)c12. The number of thioether (sulfide) groups is 1. The van der Waals surface area contributed by atoms with Crippen molar-refractivity contribution in [3.63, 3.8) is 0 Å². The molecule has 0 aliphatic rings. The molecule has 7 heteroatoms. The molecular weight excluding hydrogens is 342 g/mol. The van der Waals surface area contributed by atoms with Gasteiger partial charge in [0.2, 0.25) is 0 Å². The van der Waals surface area contributed by atoms with Crippen molar-refractivity contribution < 1.29 is 8.78 Å². The van der Waals surface area contributed by atoms with Gasteiger partial charge in [0.15, 0.2) is 5.82 Å². The summed E-state index contributed by atoms with van der Waals surface area (Å²) in [5, 5.41) is 0. The summed E-state index contributed by atoms with van der Waals surface area (Å²) >= 11 is 1.41. The molecule has 0 spiro atoms. The molecule has 0 bridgehead atoms. The minimum Gasteiger partial charge on any atom is -0.382 e. The van der Waals surface area contributed by atoms with Crippen LogP contribution in [0.2, 0.25) is 0 Å². The second kappa shape index (κ2) is 7.39. The lowest BCUT2D eigenvalue weighted by Crippen LogP contribution is -2.02. The van der Waals surface area contributed by atoms with Gasteiger partial charge in [0.25, 0.3) is 0 Å². The van der Waals surface area contributed by atoms with Crippen LogP contribution in [-0.2, 0) is 6.54 Å². The maximum atomic E-state index is 13.6. The third-order valence-corrected chi connectivity index (χ3v) is 5.23. The van der Waals surface area contributed by atoms with Crippen LogP contribution in [-0.4, -0.2) is 20.3 Å². The lowest BCUT2D eigenvalue weighted by Gasteiger charge is -2.09. The Kier molecular flexibility index (Phi) is 5.22. The Morgan fingerprint density at radius 2 is 2.00 bits per heavy atom. The number of fused-ring (bicyclic) bond motifs is 1. The van der Waals surface area contributed by atoms with Crippen molar-refractivity contribution in [1.82, 2.24) is 14.5 Å². The van der Waals surface area contributed by atoms with Gasteiger partial charge in [-0.15, -0.1) is 11.8 Å². The first-order chi connectivity index (χ1) is 12.0. The molecule has 2 aromatic heterocycles. The molecule has 1 aromatic carbocycles. The molecule has 0 radical (unpaired) electrons. The number of rotatable bonds is 6. The molecule has 0 aliphatic heterocycles. The molecule has 25 heavy (non-hydrogen) atoms. The highest BCUT2D eigenvalue weighted by molar-refractivity contribution is 7.99. The third kappa shape index (κ3) is 3.76. The van der Waals surface area contributed by atoms with Gasteiger partial charge in [-0.05, 0) is 50.1 Å². The predicted molar refractivity (Wildman–Crippen MR) is 97.7 cm³/mol. The number of nitrogens with two attached hydrogens (primary N) is 1. The van der Waals surface area contributed by atoms with E-state index in [1.54, 1.807) is 6.20 Å². The summed E-state index contributed by atoms with van der Waals surface area (Å²) in [7, 11) is 0. The third-order valence-electron chi connectivity index (χ3n) is 4.10. The molecule has 0 saturated heterocycles. The number of aryl methyl sites for hydroxylation is 3. The van der Waals surface area contributed by atoms with Crippen LogP contribution in [0.4, 0.5) is 14.6 Å². The average Bonchev–Trinajstić information content (AvgIpc) is 2.90. The van der Waals surface area contributed by atoms with Crippen molar-refractivity contribution in [3.8, 4) is 0 Å². The van der Waals surface area contributed by atoms with E-state index in [2.05, 4.69) is 14.5 Å². The van der Waals surface area contributed by atoms with Crippen LogP contribution in [0.25, 0.3) is 11.0 Å². The summed E-state index contributed by atoms with van der Waals surface area (Å²) < 4.78 is 28.7. The van der Waals surface area contributed by atoms with Crippen LogP contribution in [0.5, 0.6) is 0 Å². The summed E-state index contributed by atoms with van der Waals surface area (Å²) in [6.07, 6.45) is 3.62. The van der Waals surface area contributed by atoms with E-state index >= 15 is 0 Å². The highest BCUT2D eigenvalue weighted by Crippen LogP contribution is 2.25. The van der Waals surface area contributed by atoms with Crippen LogP contribution in [0.1, 0.15) is 24.2 Å². The van der Waals surface area contributed by atoms with Gasteiger partial charge in [-0.1, -0.05) is 0 Å². The van der Waals surface area contributed by atoms with Crippen LogP contribution >= 0.6 is 11.8 Å².